The van der Waals surface area contributed by atoms with E-state index in [1.807, 2.05) is 125 Å². The van der Waals surface area contributed by atoms with E-state index in [9.17, 15) is 0 Å². The molecule has 82 heavy (non-hydrogen) atoms. The molecule has 0 unspecified atom stereocenters. The van der Waals surface area contributed by atoms with Crippen molar-refractivity contribution in [2.24, 2.45) is 0 Å². The van der Waals surface area contributed by atoms with Crippen LogP contribution in [0.2, 0.25) is 0 Å². The first kappa shape index (κ1) is 68.7. The van der Waals surface area contributed by atoms with E-state index in [0.29, 0.717) is 0 Å². The Morgan fingerprint density at radius 1 is 0.232 bits per heavy atom. The van der Waals surface area contributed by atoms with Gasteiger partial charge in [-0.1, -0.05) is 278 Å². The zero-order chi connectivity index (χ0) is 59.9. The van der Waals surface area contributed by atoms with Gasteiger partial charge in [0.05, 0.1) is 33.1 Å². The molecule has 0 amide bonds. The van der Waals surface area contributed by atoms with Crippen LogP contribution in [-0.2, 0) is 19.3 Å². The third-order valence-corrected chi connectivity index (χ3v) is 13.9. The van der Waals surface area contributed by atoms with Gasteiger partial charge in [-0.15, -0.1) is 0 Å². The van der Waals surface area contributed by atoms with E-state index >= 15 is 0 Å². The van der Waals surface area contributed by atoms with E-state index in [2.05, 4.69) is 216 Å². The molecule has 15 rings (SSSR count). The molecular weight excluding hydrogens is 991 g/mol. The number of hydrogen-bond donors (Lipinski definition) is 0. The van der Waals surface area contributed by atoms with Gasteiger partial charge in [-0.3, -0.25) is 0 Å². The van der Waals surface area contributed by atoms with Crippen molar-refractivity contribution in [3.63, 3.8) is 0 Å². The largest absolute Gasteiger partial charge is 0.309 e. The van der Waals surface area contributed by atoms with Crippen LogP contribution in [0.15, 0.2) is 182 Å². The summed E-state index contributed by atoms with van der Waals surface area (Å²) in [7, 11) is 0. The van der Waals surface area contributed by atoms with Crippen LogP contribution >= 0.6 is 0 Å². The molecule has 0 aliphatic carbocycles. The Labute approximate surface area is 497 Å². The Bertz CT molecular complexity index is 3470. The van der Waals surface area contributed by atoms with E-state index in [1.54, 1.807) is 0 Å². The smallest absolute Gasteiger partial charge is 0.0576 e. The van der Waals surface area contributed by atoms with Crippen LogP contribution in [-0.4, -0.2) is 13.7 Å². The highest BCUT2D eigenvalue weighted by Gasteiger charge is 2.24. The number of para-hydroxylation sites is 6. The first-order chi connectivity index (χ1) is 40.0. The summed E-state index contributed by atoms with van der Waals surface area (Å²) in [5.41, 5.74) is 24.6. The van der Waals surface area contributed by atoms with E-state index in [0.717, 1.165) is 19.3 Å². The van der Waals surface area contributed by atoms with Crippen LogP contribution in [0.5, 0.6) is 0 Å². The molecule has 12 aromatic rings. The Morgan fingerprint density at radius 2 is 0.451 bits per heavy atom. The monoisotopic (exact) mass is 1090 g/mol. The third kappa shape index (κ3) is 13.3. The van der Waals surface area contributed by atoms with Crippen molar-refractivity contribution < 1.29 is 0 Å². The summed E-state index contributed by atoms with van der Waals surface area (Å²) in [6.07, 6.45) is 3.09. The van der Waals surface area contributed by atoms with Crippen molar-refractivity contribution in [1.29, 1.82) is 0 Å². The summed E-state index contributed by atoms with van der Waals surface area (Å²) in [5.74, 6) is 0. The van der Waals surface area contributed by atoms with Crippen LogP contribution in [0, 0.1) is 20.8 Å². The Hall–Kier alpha value is -7.62. The number of hydrogen-bond acceptors (Lipinski definition) is 0. The van der Waals surface area contributed by atoms with Crippen LogP contribution in [0.3, 0.4) is 0 Å². The Morgan fingerprint density at radius 3 is 0.695 bits per heavy atom. The predicted molar refractivity (Wildman–Crippen MR) is 374 cm³/mol. The lowest BCUT2D eigenvalue weighted by Crippen LogP contribution is -2.07. The lowest BCUT2D eigenvalue weighted by molar-refractivity contribution is 1.04. The lowest BCUT2D eigenvalue weighted by atomic mass is 9.96. The summed E-state index contributed by atoms with van der Waals surface area (Å²) in [5, 5.41) is 8.16. The number of aryl methyl sites for hydroxylation is 3. The fraction of sp³-hybridized carbons (Fsp3) is 0.316. The molecule has 0 saturated carbocycles. The van der Waals surface area contributed by atoms with Crippen molar-refractivity contribution in [3.8, 4) is 17.1 Å². The van der Waals surface area contributed by atoms with E-state index in [1.165, 1.54) is 133 Å². The zero-order valence-corrected chi connectivity index (χ0v) is 53.8. The molecule has 3 nitrogen and oxygen atoms in total. The minimum absolute atomic E-state index is 0. The van der Waals surface area contributed by atoms with Gasteiger partial charge in [-0.2, -0.15) is 0 Å². The lowest BCUT2D eigenvalue weighted by Gasteiger charge is -2.21. The van der Waals surface area contributed by atoms with Gasteiger partial charge < -0.3 is 13.7 Å². The molecule has 3 aliphatic rings. The summed E-state index contributed by atoms with van der Waals surface area (Å²) >= 11 is 0. The van der Waals surface area contributed by atoms with Gasteiger partial charge in [0.2, 0.25) is 0 Å². The molecule has 434 valence electrons. The number of nitrogens with zero attached hydrogens (tertiary/aromatic N) is 3. The van der Waals surface area contributed by atoms with Crippen molar-refractivity contribution in [2.45, 2.75) is 172 Å². The van der Waals surface area contributed by atoms with Gasteiger partial charge in [-0.05, 0) is 107 Å². The molecule has 0 spiro atoms. The molecule has 3 heteroatoms. The summed E-state index contributed by atoms with van der Waals surface area (Å²) in [4.78, 5) is 0. The van der Waals surface area contributed by atoms with E-state index in [-0.39, 0.29) is 7.43 Å². The third-order valence-electron chi connectivity index (χ3n) is 13.9. The quantitative estimate of drug-likeness (QED) is 0.144. The Kier molecular flexibility index (Phi) is 28.4. The second-order valence-electron chi connectivity index (χ2n) is 17.9. The highest BCUT2D eigenvalue weighted by atomic mass is 15.0. The van der Waals surface area contributed by atoms with Gasteiger partial charge in [0.1, 0.15) is 0 Å². The molecule has 0 saturated heterocycles. The first-order valence-electron chi connectivity index (χ1n) is 31.3. The standard InChI is InChI=1S/3C20H15N.9C2H6.CH4/c3*1-13-9-10-14-12-15-5-4-7-17-16-6-2-3-8-18(16)21(20(15)17)19(14)11-13;9*1-2;/h3*2-11H,12H2,1H3;9*1-2H3;1H4. The average molecular weight is 1090 g/mol. The summed E-state index contributed by atoms with van der Waals surface area (Å²) in [6.45, 7) is 42.5. The molecule has 0 N–H and O–H groups in total. The highest BCUT2D eigenvalue weighted by molar-refractivity contribution is 6.13. The Balaban J connectivity index is 0.000000282. The highest BCUT2D eigenvalue weighted by Crippen LogP contribution is 2.42. The van der Waals surface area contributed by atoms with E-state index in [4.69, 9.17) is 0 Å². The van der Waals surface area contributed by atoms with Crippen LogP contribution < -0.4 is 0 Å². The molecule has 3 aromatic heterocycles. The molecule has 9 aromatic carbocycles. The van der Waals surface area contributed by atoms with Gasteiger partial charge in [0, 0.05) is 68.6 Å². The number of rotatable bonds is 0. The molecule has 0 fully saturated rings. The fourth-order valence-corrected chi connectivity index (χ4v) is 11.2. The van der Waals surface area contributed by atoms with E-state index < -0.39 is 0 Å². The van der Waals surface area contributed by atoms with Gasteiger partial charge in [0.15, 0.2) is 0 Å². The number of fused-ring (bicyclic) bond motifs is 15. The van der Waals surface area contributed by atoms with Crippen molar-refractivity contribution in [2.75, 3.05) is 0 Å². The molecule has 3 aliphatic heterocycles. The molecular formula is C79H103N3. The topological polar surface area (TPSA) is 14.8 Å². The van der Waals surface area contributed by atoms with Crippen molar-refractivity contribution >= 4 is 65.4 Å². The minimum atomic E-state index is 0. The first-order valence-corrected chi connectivity index (χ1v) is 31.3. The van der Waals surface area contributed by atoms with Crippen LogP contribution in [0.4, 0.5) is 0 Å². The van der Waals surface area contributed by atoms with Crippen molar-refractivity contribution in [1.82, 2.24) is 13.7 Å². The minimum Gasteiger partial charge on any atom is -0.309 e. The molecule has 0 bridgehead atoms. The summed E-state index contributed by atoms with van der Waals surface area (Å²) in [6, 6.07) is 66.7. The maximum atomic E-state index is 2.45. The second kappa shape index (κ2) is 34.0. The van der Waals surface area contributed by atoms with Crippen LogP contribution in [0.1, 0.15) is 182 Å². The average Bonchev–Trinajstić information content (AvgIpc) is 2.19. The number of benzene rings is 9. The molecule has 0 atom stereocenters. The van der Waals surface area contributed by atoms with Crippen LogP contribution in [0.25, 0.3) is 82.5 Å². The van der Waals surface area contributed by atoms with Gasteiger partial charge in [0.25, 0.3) is 0 Å². The summed E-state index contributed by atoms with van der Waals surface area (Å²) < 4.78 is 7.35. The normalized spacial score (nSPS) is 10.5. The fourth-order valence-electron chi connectivity index (χ4n) is 11.2. The van der Waals surface area contributed by atoms with Gasteiger partial charge >= 0.3 is 0 Å². The predicted octanol–water partition coefficient (Wildman–Crippen LogP) is 24.9. The SMILES string of the molecule is C.CC.CC.CC.CC.CC.CC.CC.CC.CC.Cc1ccc2c(c1)-n1c3ccccc3c3cccc(c31)C2.Cc1ccc2c(c1)-n1c3ccccc3c3cccc(c31)C2.Cc1ccc2c(c1)-n1c3ccccc3c3cccc(c31)C2. The molecule has 0 radical (unpaired) electrons. The second-order valence-corrected chi connectivity index (χ2v) is 17.9. The zero-order valence-electron chi connectivity index (χ0n) is 53.8. The molecule has 6 heterocycles. The van der Waals surface area contributed by atoms with Gasteiger partial charge in [-0.25, -0.2) is 0 Å². The number of aromatic nitrogens is 3. The van der Waals surface area contributed by atoms with Crippen molar-refractivity contribution in [3.05, 3.63) is 232 Å². The maximum absolute atomic E-state index is 2.45. The maximum Gasteiger partial charge on any atom is 0.0576 e.